The van der Waals surface area contributed by atoms with Crippen molar-refractivity contribution in [3.05, 3.63) is 168 Å². The van der Waals surface area contributed by atoms with Gasteiger partial charge in [0.25, 0.3) is 0 Å². The number of rotatable bonds is 5. The van der Waals surface area contributed by atoms with Crippen LogP contribution in [0.2, 0.25) is 0 Å². The number of nitrogens with zero attached hydrogens (tertiary/aromatic N) is 3. The van der Waals surface area contributed by atoms with Crippen LogP contribution < -0.4 is 0 Å². The van der Waals surface area contributed by atoms with Crippen LogP contribution in [0.25, 0.3) is 66.7 Å². The van der Waals surface area contributed by atoms with Crippen LogP contribution >= 0.6 is 0 Å². The molecule has 0 aliphatic heterocycles. The third-order valence-corrected chi connectivity index (χ3v) is 8.61. The summed E-state index contributed by atoms with van der Waals surface area (Å²) in [5, 5.41) is 10.9. The summed E-state index contributed by atoms with van der Waals surface area (Å²) in [7, 11) is 0. The Hall–Kier alpha value is -5.66. The quantitative estimate of drug-likeness (QED) is 0.162. The molecule has 0 unspecified atom stereocenters. The molecule has 0 saturated carbocycles. The van der Waals surface area contributed by atoms with E-state index < -0.39 is 20.6 Å². The molecule has 8 rings (SSSR count). The minimum Gasteiger partial charge on any atom is -0.501 e. The Labute approximate surface area is 347 Å². The van der Waals surface area contributed by atoms with E-state index in [0.717, 1.165) is 21.9 Å². The summed E-state index contributed by atoms with van der Waals surface area (Å²) in [6, 6.07) is 37.9. The molecule has 0 amide bonds. The SMILES string of the molecule is [2H]C([2H])([2H])c1ccc(-c2[c-]cc(C([2H])([2H])[2H])c(-c3ccccc3)c2)nc1.[2H]c1cc(CC(C)(C)C)cc([2H])c1-c1cc(-c2[c-]ccc3c2oc2cc(C#N)ccc23)ncc1C([2H])([2H])[2H].[Ir]. The average molecular weight is 891 g/mol. The maximum Gasteiger partial charge on any atom is 0.122 e. The zero-order valence-corrected chi connectivity index (χ0v) is 32.2. The first-order chi connectivity index (χ1) is 30.0. The molecule has 4 nitrogen and oxygen atoms in total. The Morgan fingerprint density at radius 3 is 2.26 bits per heavy atom. The van der Waals surface area contributed by atoms with Gasteiger partial charge in [-0.15, -0.1) is 47.5 Å². The van der Waals surface area contributed by atoms with Gasteiger partial charge in [-0.05, 0) is 82.4 Å². The second-order valence-corrected chi connectivity index (χ2v) is 13.9. The van der Waals surface area contributed by atoms with Gasteiger partial charge in [0.05, 0.1) is 20.0 Å². The van der Waals surface area contributed by atoms with Crippen molar-refractivity contribution in [1.29, 1.82) is 5.26 Å². The van der Waals surface area contributed by atoms with Gasteiger partial charge in [-0.2, -0.15) is 5.26 Å². The smallest absolute Gasteiger partial charge is 0.122 e. The summed E-state index contributed by atoms with van der Waals surface area (Å²) in [5.74, 6) is 0. The summed E-state index contributed by atoms with van der Waals surface area (Å²) < 4.78 is 93.5. The molecule has 0 spiro atoms. The summed E-state index contributed by atoms with van der Waals surface area (Å²) in [6.07, 6.45) is 3.30. The van der Waals surface area contributed by atoms with Crippen LogP contribution in [0.3, 0.4) is 0 Å². The molecule has 0 aliphatic rings. The van der Waals surface area contributed by atoms with E-state index in [1.165, 1.54) is 24.5 Å². The molecule has 269 valence electrons. The molecule has 0 bridgehead atoms. The summed E-state index contributed by atoms with van der Waals surface area (Å²) >= 11 is 0. The maximum absolute atomic E-state index is 9.27. The Balaban J connectivity index is 0.000000227. The van der Waals surface area contributed by atoms with E-state index in [4.69, 9.17) is 19.5 Å². The second-order valence-electron chi connectivity index (χ2n) is 13.9. The van der Waals surface area contributed by atoms with Crippen LogP contribution in [-0.4, -0.2) is 9.97 Å². The Morgan fingerprint density at radius 1 is 0.778 bits per heavy atom. The van der Waals surface area contributed by atoms with Gasteiger partial charge < -0.3 is 14.4 Å². The van der Waals surface area contributed by atoms with Crippen LogP contribution in [0.4, 0.5) is 0 Å². The molecule has 0 fully saturated rings. The largest absolute Gasteiger partial charge is 0.501 e. The van der Waals surface area contributed by atoms with E-state index in [1.807, 2.05) is 42.5 Å². The third-order valence-electron chi connectivity index (χ3n) is 8.61. The number of aromatic nitrogens is 2. The molecule has 1 radical (unpaired) electrons. The van der Waals surface area contributed by atoms with Gasteiger partial charge in [-0.25, -0.2) is 0 Å². The molecule has 0 aliphatic carbocycles. The topological polar surface area (TPSA) is 62.7 Å². The first-order valence-corrected chi connectivity index (χ1v) is 17.0. The van der Waals surface area contributed by atoms with Crippen LogP contribution in [0, 0.1) is 49.4 Å². The van der Waals surface area contributed by atoms with Gasteiger partial charge in [-0.3, -0.25) is 0 Å². The van der Waals surface area contributed by atoms with Crippen molar-refractivity contribution in [1.82, 2.24) is 9.97 Å². The average Bonchev–Trinajstić information content (AvgIpc) is 3.60. The molecule has 5 aromatic carbocycles. The van der Waals surface area contributed by atoms with Crippen LogP contribution in [0.5, 0.6) is 0 Å². The summed E-state index contributed by atoms with van der Waals surface area (Å²) in [4.78, 5) is 8.67. The van der Waals surface area contributed by atoms with E-state index in [0.29, 0.717) is 51.2 Å². The van der Waals surface area contributed by atoms with E-state index >= 15 is 0 Å². The maximum atomic E-state index is 9.27. The number of benzene rings is 5. The Bertz CT molecular complexity index is 3030. The van der Waals surface area contributed by atoms with Gasteiger partial charge in [-0.1, -0.05) is 123 Å². The van der Waals surface area contributed by atoms with Gasteiger partial charge in [0, 0.05) is 50.2 Å². The minimum absolute atomic E-state index is 0. The van der Waals surface area contributed by atoms with Crippen molar-refractivity contribution >= 4 is 21.9 Å². The van der Waals surface area contributed by atoms with E-state index in [2.05, 4.69) is 48.9 Å². The third kappa shape index (κ3) is 8.42. The molecule has 0 N–H and O–H groups in total. The van der Waals surface area contributed by atoms with Gasteiger partial charge in [0.2, 0.25) is 0 Å². The Morgan fingerprint density at radius 2 is 1.56 bits per heavy atom. The molecular formula is C49H41IrN3O-2. The Kier molecular flexibility index (Phi) is 7.83. The number of fused-ring (bicyclic) bond motifs is 3. The zero-order chi connectivity index (χ0) is 46.4. The first-order valence-electron chi connectivity index (χ1n) is 22.5. The van der Waals surface area contributed by atoms with E-state index in [9.17, 15) is 5.26 Å². The molecular weight excluding hydrogens is 839 g/mol. The van der Waals surface area contributed by atoms with Gasteiger partial charge in [0.15, 0.2) is 0 Å². The summed E-state index contributed by atoms with van der Waals surface area (Å²) in [5.41, 5.74) is 6.67. The number of hydrogen-bond acceptors (Lipinski definition) is 4. The van der Waals surface area contributed by atoms with Crippen LogP contribution in [0.15, 0.2) is 132 Å². The number of hydrogen-bond donors (Lipinski definition) is 0. The number of aryl methyl sites for hydroxylation is 3. The normalized spacial score (nSPS) is 14.7. The minimum atomic E-state index is -2.49. The standard InChI is InChI=1S/C30H25N2O.C19H16N.Ir/c1-19-18-32-27(15-26(19)22-11-8-20(9-12-22)16-30(2,3)4)25-7-5-6-24-23-13-10-21(17-31)14-28(23)33-29(24)25;1-14-8-11-19(20-13-14)17-10-9-15(2)18(12-17)16-6-4-3-5-7-16;/h5-6,8-15,18H,16H2,1-4H3;3-9,11-13H,1-2H3;/q2*-1;/i1D3,11D,12D;1D3,2D3;. The molecule has 3 heterocycles. The fraction of sp³-hybridized carbons (Fsp3) is 0.163. The number of pyridine rings is 2. The molecule has 0 atom stereocenters. The van der Waals surface area contributed by atoms with Crippen LogP contribution in [-0.2, 0) is 26.5 Å². The molecule has 0 saturated heterocycles. The van der Waals surface area contributed by atoms with Crippen LogP contribution in [0.1, 0.15) is 63.7 Å². The monoisotopic (exact) mass is 891 g/mol. The molecule has 54 heavy (non-hydrogen) atoms. The van der Waals surface area contributed by atoms with E-state index in [-0.39, 0.29) is 65.4 Å². The fourth-order valence-electron chi connectivity index (χ4n) is 6.13. The number of furan rings is 1. The molecule has 3 aromatic heterocycles. The predicted octanol–water partition coefficient (Wildman–Crippen LogP) is 12.7. The van der Waals surface area contributed by atoms with Crippen molar-refractivity contribution in [2.24, 2.45) is 5.41 Å². The fourth-order valence-corrected chi connectivity index (χ4v) is 6.13. The number of nitriles is 1. The van der Waals surface area contributed by atoms with Gasteiger partial charge in [0.1, 0.15) is 5.58 Å². The molecule has 5 heteroatoms. The van der Waals surface area contributed by atoms with Crippen molar-refractivity contribution in [2.45, 2.75) is 47.7 Å². The van der Waals surface area contributed by atoms with Gasteiger partial charge >= 0.3 is 0 Å². The zero-order valence-electron chi connectivity index (χ0n) is 40.8. The van der Waals surface area contributed by atoms with E-state index in [1.54, 1.807) is 48.5 Å². The second kappa shape index (κ2) is 16.1. The van der Waals surface area contributed by atoms with Crippen molar-refractivity contribution in [3.8, 4) is 50.8 Å². The van der Waals surface area contributed by atoms with Crippen molar-refractivity contribution in [2.75, 3.05) is 0 Å². The first kappa shape index (κ1) is 26.2. The molecule has 8 aromatic rings. The van der Waals surface area contributed by atoms with Crippen molar-refractivity contribution < 1.29 is 39.6 Å². The summed E-state index contributed by atoms with van der Waals surface area (Å²) in [6.45, 7) is -0.703. The predicted molar refractivity (Wildman–Crippen MR) is 217 cm³/mol. The van der Waals surface area contributed by atoms with Crippen molar-refractivity contribution in [3.63, 3.8) is 0 Å².